The molecule has 1 aliphatic rings. The summed E-state index contributed by atoms with van der Waals surface area (Å²) in [7, 11) is 0. The van der Waals surface area contributed by atoms with Crippen molar-refractivity contribution in [3.05, 3.63) is 15.5 Å². The van der Waals surface area contributed by atoms with E-state index in [4.69, 9.17) is 16.3 Å². The Labute approximate surface area is 121 Å². The number of rotatable bonds is 4. The fourth-order valence-electron chi connectivity index (χ4n) is 2.25. The summed E-state index contributed by atoms with van der Waals surface area (Å²) in [5.41, 5.74) is 1.57. The molecule has 19 heavy (non-hydrogen) atoms. The minimum atomic E-state index is -0.151. The predicted octanol–water partition coefficient (Wildman–Crippen LogP) is 1.64. The molecule has 7 heteroatoms. The second-order valence-electron chi connectivity index (χ2n) is 4.75. The van der Waals surface area contributed by atoms with E-state index < -0.39 is 0 Å². The highest BCUT2D eigenvalue weighted by Gasteiger charge is 2.22. The number of hydrogen-bond donors (Lipinski definition) is 1. The summed E-state index contributed by atoms with van der Waals surface area (Å²) in [6.45, 7) is 7.37. The number of aromatic nitrogens is 1. The van der Waals surface area contributed by atoms with Crippen molar-refractivity contribution in [2.75, 3.05) is 26.2 Å². The van der Waals surface area contributed by atoms with E-state index in [-0.39, 0.29) is 23.3 Å². The third-order valence-corrected chi connectivity index (χ3v) is 4.16. The molecule has 1 aliphatic heterocycles. The van der Waals surface area contributed by atoms with Gasteiger partial charge >= 0.3 is 0 Å². The first-order valence-electron chi connectivity index (χ1n) is 6.31. The number of hydrogen-bond acceptors (Lipinski definition) is 5. The van der Waals surface area contributed by atoms with Crippen LogP contribution in [0.3, 0.4) is 0 Å². The normalized spacial score (nSPS) is 24.4. The van der Waals surface area contributed by atoms with E-state index in [1.807, 2.05) is 0 Å². The summed E-state index contributed by atoms with van der Waals surface area (Å²) in [4.78, 5) is 18.5. The Morgan fingerprint density at radius 1 is 1.58 bits per heavy atom. The molecule has 0 unspecified atom stereocenters. The summed E-state index contributed by atoms with van der Waals surface area (Å²) in [6, 6.07) is 0. The first-order chi connectivity index (χ1) is 9.06. The second kappa shape index (κ2) is 6.65. The molecule has 1 aromatic rings. The molecule has 1 amide bonds. The van der Waals surface area contributed by atoms with E-state index >= 15 is 0 Å². The van der Waals surface area contributed by atoms with Crippen LogP contribution >= 0.6 is 22.9 Å². The van der Waals surface area contributed by atoms with Gasteiger partial charge in [-0.3, -0.25) is 9.69 Å². The van der Waals surface area contributed by atoms with Crippen LogP contribution in [0.1, 0.15) is 23.5 Å². The Kier molecular flexibility index (Phi) is 5.15. The number of nitrogens with one attached hydrogen (secondary N) is 1. The predicted molar refractivity (Wildman–Crippen MR) is 75.9 cm³/mol. The first kappa shape index (κ1) is 14.7. The van der Waals surface area contributed by atoms with Crippen LogP contribution in [0.25, 0.3) is 0 Å². The van der Waals surface area contributed by atoms with Crippen molar-refractivity contribution in [3.8, 4) is 0 Å². The smallest absolute Gasteiger partial charge is 0.264 e. The SMILES string of the molecule is C[C@@H]1CN(CCNC(=O)c2scnc2Cl)C[C@H](C)O1. The van der Waals surface area contributed by atoms with Crippen molar-refractivity contribution in [1.82, 2.24) is 15.2 Å². The molecule has 2 atom stereocenters. The Bertz CT molecular complexity index is 430. The summed E-state index contributed by atoms with van der Waals surface area (Å²) < 4.78 is 5.67. The zero-order valence-electron chi connectivity index (χ0n) is 11.1. The average molecular weight is 304 g/mol. The molecule has 5 nitrogen and oxygen atoms in total. The number of nitrogens with zero attached hydrogens (tertiary/aromatic N) is 2. The molecule has 1 saturated heterocycles. The fraction of sp³-hybridized carbons (Fsp3) is 0.667. The van der Waals surface area contributed by atoms with Crippen molar-refractivity contribution in [2.45, 2.75) is 26.1 Å². The van der Waals surface area contributed by atoms with Crippen LogP contribution in [0.5, 0.6) is 0 Å². The highest BCUT2D eigenvalue weighted by atomic mass is 35.5. The zero-order chi connectivity index (χ0) is 13.8. The number of carbonyl (C=O) groups is 1. The molecular formula is C12H18ClN3O2S. The quantitative estimate of drug-likeness (QED) is 0.919. The molecule has 0 radical (unpaired) electrons. The van der Waals surface area contributed by atoms with E-state index in [9.17, 15) is 4.79 Å². The van der Waals surface area contributed by atoms with Crippen molar-refractivity contribution >= 4 is 28.8 Å². The van der Waals surface area contributed by atoms with Crippen LogP contribution in [0.2, 0.25) is 5.15 Å². The van der Waals surface area contributed by atoms with Gasteiger partial charge in [0.2, 0.25) is 0 Å². The summed E-state index contributed by atoms with van der Waals surface area (Å²) in [5, 5.41) is 3.14. The number of ether oxygens (including phenoxy) is 1. The van der Waals surface area contributed by atoms with Crippen molar-refractivity contribution in [3.63, 3.8) is 0 Å². The van der Waals surface area contributed by atoms with Gasteiger partial charge in [0.1, 0.15) is 4.88 Å². The topological polar surface area (TPSA) is 54.5 Å². The minimum Gasteiger partial charge on any atom is -0.373 e. The highest BCUT2D eigenvalue weighted by molar-refractivity contribution is 7.12. The number of amides is 1. The lowest BCUT2D eigenvalue weighted by Crippen LogP contribution is -2.47. The maximum atomic E-state index is 11.8. The lowest BCUT2D eigenvalue weighted by molar-refractivity contribution is -0.0672. The molecule has 1 aromatic heterocycles. The van der Waals surface area contributed by atoms with Gasteiger partial charge in [0, 0.05) is 26.2 Å². The first-order valence-corrected chi connectivity index (χ1v) is 7.57. The molecule has 106 valence electrons. The molecule has 0 aliphatic carbocycles. The molecule has 2 heterocycles. The van der Waals surface area contributed by atoms with E-state index in [2.05, 4.69) is 29.0 Å². The van der Waals surface area contributed by atoms with Gasteiger partial charge < -0.3 is 10.1 Å². The van der Waals surface area contributed by atoms with Crippen LogP contribution in [-0.2, 0) is 4.74 Å². The van der Waals surface area contributed by atoms with Gasteiger partial charge in [0.05, 0.1) is 17.7 Å². The molecule has 1 fully saturated rings. The van der Waals surface area contributed by atoms with Gasteiger partial charge in [-0.25, -0.2) is 4.98 Å². The molecular weight excluding hydrogens is 286 g/mol. The van der Waals surface area contributed by atoms with Gasteiger partial charge in [-0.1, -0.05) is 11.6 Å². The number of halogens is 1. The molecule has 0 aromatic carbocycles. The van der Waals surface area contributed by atoms with Crippen molar-refractivity contribution in [1.29, 1.82) is 0 Å². The van der Waals surface area contributed by atoms with E-state index in [1.165, 1.54) is 11.3 Å². The Hall–Kier alpha value is -0.690. The van der Waals surface area contributed by atoms with Crippen LogP contribution in [0.15, 0.2) is 5.51 Å². The summed E-state index contributed by atoms with van der Waals surface area (Å²) in [6.07, 6.45) is 0.491. The minimum absolute atomic E-state index is 0.151. The van der Waals surface area contributed by atoms with E-state index in [1.54, 1.807) is 5.51 Å². The second-order valence-corrected chi connectivity index (χ2v) is 5.96. The van der Waals surface area contributed by atoms with Crippen LogP contribution < -0.4 is 5.32 Å². The van der Waals surface area contributed by atoms with Gasteiger partial charge in [0.25, 0.3) is 5.91 Å². The standard InChI is InChI=1S/C12H18ClN3O2S/c1-8-5-16(6-9(2)18-8)4-3-14-12(17)10-11(13)15-7-19-10/h7-9H,3-6H2,1-2H3,(H,14,17)/t8-,9+. The highest BCUT2D eigenvalue weighted by Crippen LogP contribution is 2.17. The lowest BCUT2D eigenvalue weighted by Gasteiger charge is -2.35. The fourth-order valence-corrected chi connectivity index (χ4v) is 3.17. The largest absolute Gasteiger partial charge is 0.373 e. The summed E-state index contributed by atoms with van der Waals surface area (Å²) in [5.74, 6) is -0.151. The Morgan fingerprint density at radius 2 is 2.26 bits per heavy atom. The maximum Gasteiger partial charge on any atom is 0.264 e. The van der Waals surface area contributed by atoms with Crippen LogP contribution in [0.4, 0.5) is 0 Å². The van der Waals surface area contributed by atoms with Gasteiger partial charge in [-0.05, 0) is 13.8 Å². The monoisotopic (exact) mass is 303 g/mol. The molecule has 1 N–H and O–H groups in total. The van der Waals surface area contributed by atoms with E-state index in [0.29, 0.717) is 11.4 Å². The third kappa shape index (κ3) is 4.14. The zero-order valence-corrected chi connectivity index (χ0v) is 12.6. The molecule has 0 bridgehead atoms. The lowest BCUT2D eigenvalue weighted by atomic mass is 10.2. The third-order valence-electron chi connectivity index (χ3n) is 2.94. The van der Waals surface area contributed by atoms with Gasteiger partial charge in [-0.15, -0.1) is 11.3 Å². The van der Waals surface area contributed by atoms with Gasteiger partial charge in [0.15, 0.2) is 5.15 Å². The van der Waals surface area contributed by atoms with Crippen molar-refractivity contribution < 1.29 is 9.53 Å². The van der Waals surface area contributed by atoms with E-state index in [0.717, 1.165) is 19.6 Å². The molecule has 0 saturated carbocycles. The number of morpholine rings is 1. The molecule has 0 spiro atoms. The van der Waals surface area contributed by atoms with Crippen molar-refractivity contribution in [2.24, 2.45) is 0 Å². The van der Waals surface area contributed by atoms with Crippen LogP contribution in [-0.4, -0.2) is 54.2 Å². The van der Waals surface area contributed by atoms with Crippen LogP contribution in [0, 0.1) is 0 Å². The van der Waals surface area contributed by atoms with Gasteiger partial charge in [-0.2, -0.15) is 0 Å². The number of carbonyl (C=O) groups excluding carboxylic acids is 1. The Morgan fingerprint density at radius 3 is 2.84 bits per heavy atom. The maximum absolute atomic E-state index is 11.8. The Balaban J connectivity index is 1.75. The average Bonchev–Trinajstić information content (AvgIpc) is 2.74. The molecule has 2 rings (SSSR count). The summed E-state index contributed by atoms with van der Waals surface area (Å²) >= 11 is 7.07. The number of thiazole rings is 1.